The van der Waals surface area contributed by atoms with Gasteiger partial charge in [0.25, 0.3) is 0 Å². The summed E-state index contributed by atoms with van der Waals surface area (Å²) in [4.78, 5) is 11.3. The van der Waals surface area contributed by atoms with E-state index in [-0.39, 0.29) is 5.92 Å². The van der Waals surface area contributed by atoms with Gasteiger partial charge in [-0.1, -0.05) is 20.3 Å². The second-order valence-electron chi connectivity index (χ2n) is 4.45. The van der Waals surface area contributed by atoms with Gasteiger partial charge in [0.15, 0.2) is 0 Å². The maximum absolute atomic E-state index is 11.3. The van der Waals surface area contributed by atoms with Gasteiger partial charge in [-0.25, -0.2) is 0 Å². The number of nitrogens with one attached hydrogen (secondary N) is 1. The Kier molecular flexibility index (Phi) is 2.25. The quantitative estimate of drug-likeness (QED) is 0.789. The van der Waals surface area contributed by atoms with Crippen molar-refractivity contribution in [2.45, 2.75) is 44.4 Å². The molecular weight excluding hydrogens is 194 g/mol. The third-order valence-corrected chi connectivity index (χ3v) is 3.19. The smallest absolute Gasteiger partial charge is 0.315 e. The second kappa shape index (κ2) is 3.32. The van der Waals surface area contributed by atoms with Gasteiger partial charge < -0.3 is 5.11 Å². The minimum atomic E-state index is -0.774. The molecule has 5 heteroatoms. The minimum absolute atomic E-state index is 0.204. The number of carbonyl (C=O) groups is 1. The number of carboxylic acids is 1. The first kappa shape index (κ1) is 10.1. The molecule has 0 spiro atoms. The lowest BCUT2D eigenvalue weighted by atomic mass is 9.65. The summed E-state index contributed by atoms with van der Waals surface area (Å²) in [5, 5.41) is 19.9. The number of H-pyrrole nitrogens is 1. The summed E-state index contributed by atoms with van der Waals surface area (Å²) >= 11 is 0. The molecule has 0 atom stereocenters. The van der Waals surface area contributed by atoms with Crippen LogP contribution in [0.4, 0.5) is 0 Å². The van der Waals surface area contributed by atoms with Gasteiger partial charge in [-0.2, -0.15) is 15.4 Å². The topological polar surface area (TPSA) is 78.9 Å². The zero-order valence-electron chi connectivity index (χ0n) is 8.95. The van der Waals surface area contributed by atoms with Crippen molar-refractivity contribution in [2.75, 3.05) is 0 Å². The van der Waals surface area contributed by atoms with Gasteiger partial charge in [-0.15, -0.1) is 0 Å². The van der Waals surface area contributed by atoms with Crippen LogP contribution in [0.2, 0.25) is 0 Å². The van der Waals surface area contributed by atoms with Crippen LogP contribution in [0.5, 0.6) is 0 Å². The number of aromatic amines is 1. The Morgan fingerprint density at radius 2 is 2.13 bits per heavy atom. The van der Waals surface area contributed by atoms with Crippen LogP contribution >= 0.6 is 0 Å². The van der Waals surface area contributed by atoms with Crippen molar-refractivity contribution in [3.8, 4) is 0 Å². The first-order chi connectivity index (χ1) is 7.08. The molecule has 15 heavy (non-hydrogen) atoms. The lowest BCUT2D eigenvalue weighted by Gasteiger charge is -2.36. The monoisotopic (exact) mass is 209 g/mol. The average molecular weight is 209 g/mol. The van der Waals surface area contributed by atoms with E-state index in [0.717, 1.165) is 12.1 Å². The average Bonchev–Trinajstić information content (AvgIpc) is 2.49. The number of hydrogen-bond donors (Lipinski definition) is 2. The van der Waals surface area contributed by atoms with Crippen molar-refractivity contribution in [2.24, 2.45) is 0 Å². The molecule has 1 fully saturated rings. The number of hydrogen-bond acceptors (Lipinski definition) is 3. The van der Waals surface area contributed by atoms with Gasteiger partial charge in [0.1, 0.15) is 11.1 Å². The lowest BCUT2D eigenvalue weighted by molar-refractivity contribution is -0.147. The first-order valence-electron chi connectivity index (χ1n) is 5.22. The van der Waals surface area contributed by atoms with Gasteiger partial charge in [0, 0.05) is 0 Å². The van der Waals surface area contributed by atoms with Crippen LogP contribution in [0.3, 0.4) is 0 Å². The van der Waals surface area contributed by atoms with Crippen LogP contribution in [0.15, 0.2) is 0 Å². The predicted octanol–water partition coefficient (Wildman–Crippen LogP) is 1.43. The molecule has 1 aromatic rings. The molecule has 0 aromatic carbocycles. The van der Waals surface area contributed by atoms with Crippen molar-refractivity contribution in [1.82, 2.24) is 15.4 Å². The molecular formula is C10H15N3O2. The third-order valence-electron chi connectivity index (χ3n) is 3.19. The van der Waals surface area contributed by atoms with Crippen molar-refractivity contribution in [1.29, 1.82) is 0 Å². The highest BCUT2D eigenvalue weighted by Gasteiger charge is 2.49. The fourth-order valence-electron chi connectivity index (χ4n) is 2.08. The van der Waals surface area contributed by atoms with E-state index < -0.39 is 11.4 Å². The molecule has 0 aliphatic heterocycles. The Labute approximate surface area is 87.9 Å². The normalized spacial score (nSPS) is 18.9. The molecule has 82 valence electrons. The number of nitrogens with zero attached hydrogens (tertiary/aromatic N) is 2. The molecule has 0 amide bonds. The molecule has 1 aromatic heterocycles. The standard InChI is InChI=1S/C10H15N3O2/c1-6(2)7-8(12-13-11-7)10(9(14)15)4-3-5-10/h6H,3-5H2,1-2H3,(H,14,15)(H,11,12,13). The molecule has 2 N–H and O–H groups in total. The summed E-state index contributed by atoms with van der Waals surface area (Å²) in [7, 11) is 0. The van der Waals surface area contributed by atoms with E-state index in [1.54, 1.807) is 0 Å². The van der Waals surface area contributed by atoms with Gasteiger partial charge in [0.2, 0.25) is 0 Å². The van der Waals surface area contributed by atoms with Gasteiger partial charge in [0.05, 0.1) is 5.69 Å². The summed E-state index contributed by atoms with van der Waals surface area (Å²) in [6, 6.07) is 0. The lowest BCUT2D eigenvalue weighted by Crippen LogP contribution is -2.43. The summed E-state index contributed by atoms with van der Waals surface area (Å²) in [6.45, 7) is 3.99. The molecule has 1 heterocycles. The summed E-state index contributed by atoms with van der Waals surface area (Å²) < 4.78 is 0. The van der Waals surface area contributed by atoms with Crippen molar-refractivity contribution < 1.29 is 9.90 Å². The van der Waals surface area contributed by atoms with Gasteiger partial charge in [-0.05, 0) is 18.8 Å². The van der Waals surface area contributed by atoms with Crippen molar-refractivity contribution in [3.63, 3.8) is 0 Å². The van der Waals surface area contributed by atoms with Crippen LogP contribution in [0.25, 0.3) is 0 Å². The van der Waals surface area contributed by atoms with E-state index in [1.165, 1.54) is 0 Å². The van der Waals surface area contributed by atoms with E-state index >= 15 is 0 Å². The fourth-order valence-corrected chi connectivity index (χ4v) is 2.08. The molecule has 1 saturated carbocycles. The van der Waals surface area contributed by atoms with Crippen LogP contribution in [-0.4, -0.2) is 26.5 Å². The van der Waals surface area contributed by atoms with E-state index in [1.807, 2.05) is 13.8 Å². The first-order valence-corrected chi connectivity index (χ1v) is 5.22. The van der Waals surface area contributed by atoms with E-state index in [9.17, 15) is 9.90 Å². The predicted molar refractivity (Wildman–Crippen MR) is 53.6 cm³/mol. The van der Waals surface area contributed by atoms with E-state index in [2.05, 4.69) is 15.4 Å². The summed E-state index contributed by atoms with van der Waals surface area (Å²) in [5.74, 6) is -0.569. The van der Waals surface area contributed by atoms with E-state index in [4.69, 9.17) is 0 Å². The highest BCUT2D eigenvalue weighted by Crippen LogP contribution is 2.44. The molecule has 0 radical (unpaired) electrons. The van der Waals surface area contributed by atoms with Crippen molar-refractivity contribution in [3.05, 3.63) is 11.4 Å². The van der Waals surface area contributed by atoms with Crippen molar-refractivity contribution >= 4 is 5.97 Å². The molecule has 0 unspecified atom stereocenters. The maximum Gasteiger partial charge on any atom is 0.315 e. The second-order valence-corrected chi connectivity index (χ2v) is 4.45. The molecule has 0 bridgehead atoms. The highest BCUT2D eigenvalue weighted by atomic mass is 16.4. The van der Waals surface area contributed by atoms with Crippen LogP contribution < -0.4 is 0 Å². The van der Waals surface area contributed by atoms with Gasteiger partial charge in [-0.3, -0.25) is 4.79 Å². The zero-order valence-corrected chi connectivity index (χ0v) is 8.95. The summed E-state index contributed by atoms with van der Waals surface area (Å²) in [6.07, 6.45) is 2.31. The Morgan fingerprint density at radius 1 is 1.47 bits per heavy atom. The zero-order chi connectivity index (χ0) is 11.1. The minimum Gasteiger partial charge on any atom is -0.481 e. The van der Waals surface area contributed by atoms with Crippen LogP contribution in [-0.2, 0) is 10.2 Å². The number of aliphatic carboxylic acids is 1. The molecule has 5 nitrogen and oxygen atoms in total. The largest absolute Gasteiger partial charge is 0.481 e. The number of carboxylic acid groups (broad SMARTS) is 1. The van der Waals surface area contributed by atoms with E-state index in [0.29, 0.717) is 18.5 Å². The Bertz CT molecular complexity index is 380. The molecule has 1 aliphatic rings. The highest BCUT2D eigenvalue weighted by molar-refractivity contribution is 5.82. The Morgan fingerprint density at radius 3 is 2.53 bits per heavy atom. The summed E-state index contributed by atoms with van der Waals surface area (Å²) in [5.41, 5.74) is 0.653. The van der Waals surface area contributed by atoms with Gasteiger partial charge >= 0.3 is 5.97 Å². The SMILES string of the molecule is CC(C)c1n[nH]nc1C1(C(=O)O)CCC1. The maximum atomic E-state index is 11.3. The molecule has 2 rings (SSSR count). The Hall–Kier alpha value is -1.39. The molecule has 1 aliphatic carbocycles. The van der Waals surface area contributed by atoms with Crippen LogP contribution in [0.1, 0.15) is 50.4 Å². The Balaban J connectivity index is 2.43. The fraction of sp³-hybridized carbons (Fsp3) is 0.700. The number of aromatic nitrogens is 3. The number of rotatable bonds is 3. The third kappa shape index (κ3) is 1.33. The van der Waals surface area contributed by atoms with Crippen LogP contribution in [0, 0.1) is 0 Å². The molecule has 0 saturated heterocycles.